The molecule has 4 heterocycles. The van der Waals surface area contributed by atoms with E-state index in [1.165, 1.54) is 0 Å². The molecule has 0 spiro atoms. The van der Waals surface area contributed by atoms with E-state index in [0.717, 1.165) is 83.3 Å². The van der Waals surface area contributed by atoms with Crippen LogP contribution < -0.4 is 0 Å². The summed E-state index contributed by atoms with van der Waals surface area (Å²) in [5.74, 6) is -0.0759. The number of hydrogen-bond donors (Lipinski definition) is 0. The Morgan fingerprint density at radius 1 is 1.04 bits per heavy atom. The molecule has 2 amide bonds. The van der Waals surface area contributed by atoms with Gasteiger partial charge >= 0.3 is 6.09 Å². The van der Waals surface area contributed by atoms with Crippen molar-refractivity contribution in [2.24, 2.45) is 0 Å². The first-order valence-electron chi connectivity index (χ1n) is 17.6. The van der Waals surface area contributed by atoms with Crippen LogP contribution in [0.4, 0.5) is 4.79 Å². The van der Waals surface area contributed by atoms with Crippen molar-refractivity contribution in [1.29, 1.82) is 0 Å². The van der Waals surface area contributed by atoms with Crippen LogP contribution in [0.5, 0.6) is 0 Å². The Hall–Kier alpha value is -3.93. The van der Waals surface area contributed by atoms with Crippen molar-refractivity contribution in [2.45, 2.75) is 84.6 Å². The van der Waals surface area contributed by atoms with Gasteiger partial charge in [0, 0.05) is 73.7 Å². The van der Waals surface area contributed by atoms with Gasteiger partial charge in [-0.2, -0.15) is 10.2 Å². The van der Waals surface area contributed by atoms with Crippen LogP contribution in [0.15, 0.2) is 36.5 Å². The number of methoxy groups -OCH3 is 1. The summed E-state index contributed by atoms with van der Waals surface area (Å²) >= 11 is 7.25. The zero-order valence-electron chi connectivity index (χ0n) is 30.3. The minimum Gasteiger partial charge on any atom is -0.444 e. The van der Waals surface area contributed by atoms with E-state index in [1.807, 2.05) is 62.8 Å². The molecule has 0 aliphatic carbocycles. The van der Waals surface area contributed by atoms with Crippen LogP contribution >= 0.6 is 11.6 Å². The van der Waals surface area contributed by atoms with Crippen molar-refractivity contribution < 1.29 is 23.8 Å². The second kappa shape index (κ2) is 14.7. The van der Waals surface area contributed by atoms with Crippen LogP contribution in [-0.2, 0) is 14.2 Å². The summed E-state index contributed by atoms with van der Waals surface area (Å²) in [5, 5.41) is 11.7. The number of carbonyl (C=O) groups is 2. The summed E-state index contributed by atoms with van der Waals surface area (Å²) in [4.78, 5) is 29.4. The molecule has 0 N–H and O–H groups in total. The van der Waals surface area contributed by atoms with Gasteiger partial charge in [-0.05, 0) is 90.5 Å². The molecule has 2 aliphatic heterocycles. The highest BCUT2D eigenvalue weighted by atomic mass is 35.5. The monoisotopic (exact) mass is 704 g/mol. The average molecular weight is 705 g/mol. The van der Waals surface area contributed by atoms with E-state index in [0.29, 0.717) is 36.8 Å². The molecule has 0 bridgehead atoms. The van der Waals surface area contributed by atoms with E-state index in [9.17, 15) is 9.59 Å². The number of aryl methyl sites for hydroxylation is 1. The largest absolute Gasteiger partial charge is 0.444 e. The van der Waals surface area contributed by atoms with Crippen LogP contribution in [0.2, 0.25) is 5.02 Å². The maximum atomic E-state index is 13.1. The highest BCUT2D eigenvalue weighted by Gasteiger charge is 2.32. The minimum atomic E-state index is -0.550. The molecular formula is C38H49ClN6O5. The maximum absolute atomic E-state index is 13.1. The van der Waals surface area contributed by atoms with Gasteiger partial charge in [0.2, 0.25) is 0 Å². The molecule has 268 valence electrons. The lowest BCUT2D eigenvalue weighted by atomic mass is 9.94. The average Bonchev–Trinajstić information content (AvgIpc) is 3.68. The third kappa shape index (κ3) is 7.27. The second-order valence-electron chi connectivity index (χ2n) is 14.5. The third-order valence-electron chi connectivity index (χ3n) is 9.70. The molecule has 2 saturated heterocycles. The van der Waals surface area contributed by atoms with Crippen molar-refractivity contribution in [2.75, 3.05) is 47.0 Å². The van der Waals surface area contributed by atoms with Gasteiger partial charge in [0.15, 0.2) is 6.23 Å². The number of benzene rings is 2. The normalized spacial score (nSPS) is 17.4. The Balaban J connectivity index is 1.43. The maximum Gasteiger partial charge on any atom is 0.410 e. The number of piperidine rings is 1. The van der Waals surface area contributed by atoms with Crippen LogP contribution in [0, 0.1) is 13.8 Å². The third-order valence-corrected chi connectivity index (χ3v) is 10.2. The summed E-state index contributed by atoms with van der Waals surface area (Å²) in [6.07, 6.45) is 6.00. The zero-order chi connectivity index (χ0) is 35.7. The lowest BCUT2D eigenvalue weighted by Crippen LogP contribution is -2.42. The molecule has 6 rings (SSSR count). The van der Waals surface area contributed by atoms with Gasteiger partial charge in [-0.1, -0.05) is 23.7 Å². The minimum absolute atomic E-state index is 0.0638. The Bertz CT molecular complexity index is 1850. The number of likely N-dealkylation sites (N-methyl/N-ethyl adjacent to an activating group) is 1. The van der Waals surface area contributed by atoms with Crippen molar-refractivity contribution >= 4 is 34.5 Å². The van der Waals surface area contributed by atoms with E-state index in [1.54, 1.807) is 24.0 Å². The number of rotatable bonds is 8. The van der Waals surface area contributed by atoms with Crippen molar-refractivity contribution in [1.82, 2.24) is 29.4 Å². The number of amides is 2. The second-order valence-corrected chi connectivity index (χ2v) is 14.9. The predicted molar refractivity (Wildman–Crippen MR) is 195 cm³/mol. The van der Waals surface area contributed by atoms with Crippen LogP contribution in [0.3, 0.4) is 0 Å². The fourth-order valence-electron chi connectivity index (χ4n) is 7.00. The topological polar surface area (TPSA) is 104 Å². The Morgan fingerprint density at radius 3 is 2.40 bits per heavy atom. The number of aromatic nitrogens is 4. The molecule has 50 heavy (non-hydrogen) atoms. The van der Waals surface area contributed by atoms with Crippen LogP contribution in [0.25, 0.3) is 33.3 Å². The number of likely N-dealkylation sites (tertiary alicyclic amines) is 1. The lowest BCUT2D eigenvalue weighted by Gasteiger charge is -2.34. The quantitative estimate of drug-likeness (QED) is 0.184. The molecule has 2 aromatic carbocycles. The molecule has 1 unspecified atom stereocenters. The summed E-state index contributed by atoms with van der Waals surface area (Å²) in [6.45, 7) is 12.6. The first-order chi connectivity index (χ1) is 23.9. The van der Waals surface area contributed by atoms with Gasteiger partial charge in [-0.15, -0.1) is 0 Å². The van der Waals surface area contributed by atoms with E-state index >= 15 is 0 Å². The zero-order valence-corrected chi connectivity index (χ0v) is 31.0. The van der Waals surface area contributed by atoms with Crippen molar-refractivity contribution in [3.63, 3.8) is 0 Å². The molecule has 2 aromatic heterocycles. The summed E-state index contributed by atoms with van der Waals surface area (Å²) in [5.41, 5.74) is 6.39. The lowest BCUT2D eigenvalue weighted by molar-refractivity contribution is -0.0366. The number of carbonyl (C=O) groups excluding carboxylic acids is 2. The van der Waals surface area contributed by atoms with Crippen molar-refractivity contribution in [3.8, 4) is 22.4 Å². The van der Waals surface area contributed by atoms with Gasteiger partial charge < -0.3 is 24.0 Å². The Labute approximate surface area is 299 Å². The van der Waals surface area contributed by atoms with E-state index in [2.05, 4.69) is 17.7 Å². The molecule has 11 nitrogen and oxygen atoms in total. The number of fused-ring (bicyclic) bond motifs is 1. The SMILES string of the molecule is COCCN(C)C(=O)c1ccc(-c2nn(C3CCN(C(=O)OC(C)(C)C)CC3)c(C)c2-c2c(Cl)c(C)cc3c2cnn3C2CCCCO2)cc1. The van der Waals surface area contributed by atoms with Crippen LogP contribution in [0.1, 0.15) is 86.8 Å². The Morgan fingerprint density at radius 2 is 1.76 bits per heavy atom. The highest BCUT2D eigenvalue weighted by Crippen LogP contribution is 2.45. The number of nitrogens with zero attached hydrogens (tertiary/aromatic N) is 6. The molecule has 0 radical (unpaired) electrons. The molecule has 4 aromatic rings. The van der Waals surface area contributed by atoms with Gasteiger partial charge in [-0.25, -0.2) is 9.48 Å². The molecule has 2 aliphatic rings. The first-order valence-corrected chi connectivity index (χ1v) is 18.0. The summed E-state index contributed by atoms with van der Waals surface area (Å²) in [6, 6.07) is 9.78. The van der Waals surface area contributed by atoms with E-state index in [-0.39, 0.29) is 24.3 Å². The van der Waals surface area contributed by atoms with Gasteiger partial charge in [0.1, 0.15) is 11.3 Å². The summed E-state index contributed by atoms with van der Waals surface area (Å²) in [7, 11) is 3.40. The Kier molecular flexibility index (Phi) is 10.6. The van der Waals surface area contributed by atoms with Gasteiger partial charge in [0.25, 0.3) is 5.91 Å². The highest BCUT2D eigenvalue weighted by molar-refractivity contribution is 6.36. The smallest absolute Gasteiger partial charge is 0.410 e. The number of hydrogen-bond acceptors (Lipinski definition) is 7. The molecule has 1 atom stereocenters. The molecule has 12 heteroatoms. The molecule has 0 saturated carbocycles. The number of ether oxygens (including phenoxy) is 3. The van der Waals surface area contributed by atoms with Crippen molar-refractivity contribution in [3.05, 3.63) is 58.4 Å². The predicted octanol–water partition coefficient (Wildman–Crippen LogP) is 7.83. The van der Waals surface area contributed by atoms with Gasteiger partial charge in [-0.3, -0.25) is 9.48 Å². The van der Waals surface area contributed by atoms with Crippen LogP contribution in [-0.4, -0.2) is 94.0 Å². The standard InChI is InChI=1S/C38H49ClN6O5/c1-24-22-30-29(23-40-45(30)31-10-8-9-20-49-31)33(34(24)39)32-25(2)44(28-15-17-43(18-16-28)37(47)50-38(3,4)5)41-35(32)26-11-13-27(14-12-26)36(46)42(6)19-21-48-7/h11-14,22-23,28,31H,8-10,15-21H2,1-7H3. The first kappa shape index (κ1) is 35.9. The molecule has 2 fully saturated rings. The van der Waals surface area contributed by atoms with E-state index in [4.69, 9.17) is 36.0 Å². The summed E-state index contributed by atoms with van der Waals surface area (Å²) < 4.78 is 21.1. The fourth-order valence-corrected chi connectivity index (χ4v) is 7.25. The van der Waals surface area contributed by atoms with Gasteiger partial charge in [0.05, 0.1) is 29.4 Å². The number of halogens is 1. The van der Waals surface area contributed by atoms with E-state index < -0.39 is 5.60 Å². The fraction of sp³-hybridized carbons (Fsp3) is 0.526. The molecular weight excluding hydrogens is 656 g/mol.